The normalized spacial score (nSPS) is 21.6. The molecule has 0 aliphatic carbocycles. The minimum absolute atomic E-state index is 0.0308. The van der Waals surface area contributed by atoms with Gasteiger partial charge in [0.05, 0.1) is 22.5 Å². The highest BCUT2D eigenvalue weighted by molar-refractivity contribution is 7.89. The van der Waals surface area contributed by atoms with Gasteiger partial charge < -0.3 is 9.84 Å². The van der Waals surface area contributed by atoms with Gasteiger partial charge in [-0.2, -0.15) is 4.31 Å². The Bertz CT molecular complexity index is 802. The molecule has 2 rings (SSSR count). The van der Waals surface area contributed by atoms with Crippen molar-refractivity contribution in [1.82, 2.24) is 4.31 Å². The number of rotatable bonds is 5. The number of hydrogen-bond donors (Lipinski definition) is 1. The van der Waals surface area contributed by atoms with Crippen molar-refractivity contribution in [3.8, 4) is 0 Å². The second-order valence-electron chi connectivity index (χ2n) is 6.97. The van der Waals surface area contributed by atoms with E-state index in [1.54, 1.807) is 33.8 Å². The van der Waals surface area contributed by atoms with E-state index in [1.807, 2.05) is 0 Å². The first-order valence-electron chi connectivity index (χ1n) is 8.60. The molecular formula is C18H25NO6S. The number of nitrogens with zero attached hydrogens (tertiary/aromatic N) is 1. The standard InChI is InChI=1S/C18H25NO6S/c1-11(2)25-18(22)16-9-15(8-5-12(16)3)26(23,24)19-10-14(17(20)21)7-6-13(19)4/h5,8-9,11,13-14H,6-7,10H2,1-4H3,(H,20,21). The molecule has 26 heavy (non-hydrogen) atoms. The number of benzene rings is 1. The Morgan fingerprint density at radius 1 is 1.27 bits per heavy atom. The van der Waals surface area contributed by atoms with Crippen LogP contribution in [0.3, 0.4) is 0 Å². The highest BCUT2D eigenvalue weighted by atomic mass is 32.2. The molecule has 1 fully saturated rings. The van der Waals surface area contributed by atoms with Crippen molar-refractivity contribution in [2.45, 2.75) is 57.6 Å². The number of carbonyl (C=O) groups excluding carboxylic acids is 1. The van der Waals surface area contributed by atoms with E-state index in [-0.39, 0.29) is 29.1 Å². The SMILES string of the molecule is Cc1ccc(S(=O)(=O)N2CC(C(=O)O)CCC2C)cc1C(=O)OC(C)C. The van der Waals surface area contributed by atoms with E-state index in [4.69, 9.17) is 4.74 Å². The predicted octanol–water partition coefficient (Wildman–Crippen LogP) is 2.43. The molecule has 0 amide bonds. The molecule has 1 aliphatic heterocycles. The summed E-state index contributed by atoms with van der Waals surface area (Å²) >= 11 is 0. The van der Waals surface area contributed by atoms with Crippen LogP contribution in [0.5, 0.6) is 0 Å². The van der Waals surface area contributed by atoms with E-state index in [1.165, 1.54) is 16.4 Å². The second-order valence-corrected chi connectivity index (χ2v) is 8.86. The molecule has 0 aromatic heterocycles. The van der Waals surface area contributed by atoms with E-state index < -0.39 is 27.9 Å². The molecule has 1 aliphatic rings. The topological polar surface area (TPSA) is 101 Å². The van der Waals surface area contributed by atoms with Gasteiger partial charge in [0.15, 0.2) is 0 Å². The summed E-state index contributed by atoms with van der Waals surface area (Å²) in [5.41, 5.74) is 0.809. The van der Waals surface area contributed by atoms with Crippen molar-refractivity contribution in [3.63, 3.8) is 0 Å². The molecule has 2 atom stereocenters. The molecule has 8 heteroatoms. The zero-order valence-electron chi connectivity index (χ0n) is 15.4. The molecule has 1 saturated heterocycles. The van der Waals surface area contributed by atoms with Crippen LogP contribution < -0.4 is 0 Å². The highest BCUT2D eigenvalue weighted by Gasteiger charge is 2.37. The van der Waals surface area contributed by atoms with Crippen LogP contribution in [0.4, 0.5) is 0 Å². The van der Waals surface area contributed by atoms with E-state index in [9.17, 15) is 23.1 Å². The number of carboxylic acid groups (broad SMARTS) is 1. The molecule has 2 unspecified atom stereocenters. The maximum absolute atomic E-state index is 13.1. The van der Waals surface area contributed by atoms with Gasteiger partial charge in [-0.15, -0.1) is 0 Å². The molecule has 144 valence electrons. The molecule has 1 heterocycles. The highest BCUT2D eigenvalue weighted by Crippen LogP contribution is 2.29. The fourth-order valence-electron chi connectivity index (χ4n) is 3.01. The Kier molecular flexibility index (Phi) is 6.08. The van der Waals surface area contributed by atoms with Gasteiger partial charge in [-0.3, -0.25) is 4.79 Å². The lowest BCUT2D eigenvalue weighted by molar-refractivity contribution is -0.143. The number of hydrogen-bond acceptors (Lipinski definition) is 5. The summed E-state index contributed by atoms with van der Waals surface area (Å²) < 4.78 is 32.5. The number of aliphatic carboxylic acids is 1. The number of carboxylic acids is 1. The summed E-state index contributed by atoms with van der Waals surface area (Å²) in [5, 5.41) is 9.23. The lowest BCUT2D eigenvalue weighted by Gasteiger charge is -2.35. The van der Waals surface area contributed by atoms with Gasteiger partial charge in [-0.05, 0) is 58.2 Å². The minimum atomic E-state index is -3.92. The Labute approximate surface area is 154 Å². The first kappa shape index (κ1) is 20.4. The fourth-order valence-corrected chi connectivity index (χ4v) is 4.74. The summed E-state index contributed by atoms with van der Waals surface area (Å²) in [6.45, 7) is 6.83. The van der Waals surface area contributed by atoms with E-state index >= 15 is 0 Å². The van der Waals surface area contributed by atoms with Gasteiger partial charge >= 0.3 is 11.9 Å². The van der Waals surface area contributed by atoms with Gasteiger partial charge in [-0.25, -0.2) is 13.2 Å². The number of esters is 1. The maximum atomic E-state index is 13.1. The first-order valence-corrected chi connectivity index (χ1v) is 10.0. The quantitative estimate of drug-likeness (QED) is 0.784. The Morgan fingerprint density at radius 3 is 2.50 bits per heavy atom. The van der Waals surface area contributed by atoms with Crippen molar-refractivity contribution in [2.24, 2.45) is 5.92 Å². The third-order valence-electron chi connectivity index (χ3n) is 4.55. The molecule has 0 bridgehead atoms. The van der Waals surface area contributed by atoms with Crippen LogP contribution in [0.25, 0.3) is 0 Å². The molecule has 1 aromatic carbocycles. The van der Waals surface area contributed by atoms with Crippen LogP contribution in [0.1, 0.15) is 49.5 Å². The van der Waals surface area contributed by atoms with Gasteiger partial charge in [0, 0.05) is 12.6 Å². The van der Waals surface area contributed by atoms with Crippen LogP contribution in [0.15, 0.2) is 23.1 Å². The molecule has 1 N–H and O–H groups in total. The third kappa shape index (κ3) is 4.24. The Hall–Kier alpha value is -1.93. The molecule has 0 saturated carbocycles. The smallest absolute Gasteiger partial charge is 0.338 e. The van der Waals surface area contributed by atoms with E-state index in [0.29, 0.717) is 18.4 Å². The molecule has 7 nitrogen and oxygen atoms in total. The Morgan fingerprint density at radius 2 is 1.92 bits per heavy atom. The maximum Gasteiger partial charge on any atom is 0.338 e. The molecule has 1 aromatic rings. The second kappa shape index (κ2) is 7.75. The summed E-state index contributed by atoms with van der Waals surface area (Å²) in [6.07, 6.45) is 0.604. The lowest BCUT2D eigenvalue weighted by Crippen LogP contribution is -2.47. The predicted molar refractivity (Wildman–Crippen MR) is 95.4 cm³/mol. The van der Waals surface area contributed by atoms with Crippen molar-refractivity contribution in [3.05, 3.63) is 29.3 Å². The summed E-state index contributed by atoms with van der Waals surface area (Å²) in [5.74, 6) is -2.30. The summed E-state index contributed by atoms with van der Waals surface area (Å²) in [6, 6.07) is 4.01. The largest absolute Gasteiger partial charge is 0.481 e. The number of piperidine rings is 1. The summed E-state index contributed by atoms with van der Waals surface area (Å²) in [7, 11) is -3.92. The monoisotopic (exact) mass is 383 g/mol. The molecule has 0 radical (unpaired) electrons. The lowest BCUT2D eigenvalue weighted by atomic mass is 9.96. The zero-order valence-corrected chi connectivity index (χ0v) is 16.2. The van der Waals surface area contributed by atoms with Gasteiger partial charge in [0.2, 0.25) is 10.0 Å². The summed E-state index contributed by atoms with van der Waals surface area (Å²) in [4.78, 5) is 23.5. The number of ether oxygens (including phenoxy) is 1. The van der Waals surface area contributed by atoms with Crippen LogP contribution in [-0.2, 0) is 19.6 Å². The zero-order chi connectivity index (χ0) is 19.6. The van der Waals surface area contributed by atoms with E-state index in [2.05, 4.69) is 0 Å². The molecule has 0 spiro atoms. The van der Waals surface area contributed by atoms with Crippen LogP contribution in [-0.4, -0.2) is 48.5 Å². The number of aryl methyl sites for hydroxylation is 1. The van der Waals surface area contributed by atoms with E-state index in [0.717, 1.165) is 0 Å². The number of sulfonamides is 1. The number of carbonyl (C=O) groups is 2. The van der Waals surface area contributed by atoms with Crippen molar-refractivity contribution in [1.29, 1.82) is 0 Å². The fraction of sp³-hybridized carbons (Fsp3) is 0.556. The van der Waals surface area contributed by atoms with Crippen molar-refractivity contribution >= 4 is 22.0 Å². The Balaban J connectivity index is 2.39. The minimum Gasteiger partial charge on any atom is -0.481 e. The van der Waals surface area contributed by atoms with Crippen molar-refractivity contribution in [2.75, 3.05) is 6.54 Å². The van der Waals surface area contributed by atoms with Crippen LogP contribution >= 0.6 is 0 Å². The van der Waals surface area contributed by atoms with Crippen LogP contribution in [0.2, 0.25) is 0 Å². The first-order chi connectivity index (χ1) is 12.0. The average molecular weight is 383 g/mol. The van der Waals surface area contributed by atoms with Gasteiger partial charge in [0.1, 0.15) is 0 Å². The van der Waals surface area contributed by atoms with Crippen LogP contribution in [0, 0.1) is 12.8 Å². The third-order valence-corrected chi connectivity index (χ3v) is 6.53. The average Bonchev–Trinajstić information content (AvgIpc) is 2.54. The van der Waals surface area contributed by atoms with Crippen molar-refractivity contribution < 1.29 is 27.9 Å². The molecular weight excluding hydrogens is 358 g/mol. The van der Waals surface area contributed by atoms with Gasteiger partial charge in [-0.1, -0.05) is 6.07 Å². The van der Waals surface area contributed by atoms with Gasteiger partial charge in [0.25, 0.3) is 0 Å².